The number of carbonyl (C=O) groups is 2. The van der Waals surface area contributed by atoms with Gasteiger partial charge in [0, 0.05) is 12.2 Å². The number of benzene rings is 1. The van der Waals surface area contributed by atoms with Crippen LogP contribution in [0.5, 0.6) is 5.75 Å². The van der Waals surface area contributed by atoms with Crippen LogP contribution >= 0.6 is 0 Å². The maximum absolute atomic E-state index is 12.6. The summed E-state index contributed by atoms with van der Waals surface area (Å²) in [6.07, 6.45) is 1.64. The lowest BCUT2D eigenvalue weighted by molar-refractivity contribution is -0.386. The van der Waals surface area contributed by atoms with Crippen molar-refractivity contribution in [2.75, 3.05) is 25.2 Å². The molecule has 10 heteroatoms. The van der Waals surface area contributed by atoms with Gasteiger partial charge >= 0.3 is 11.7 Å². The fraction of sp³-hybridized carbons (Fsp3) is 0.421. The van der Waals surface area contributed by atoms with E-state index >= 15 is 0 Å². The highest BCUT2D eigenvalue weighted by atomic mass is 16.6. The van der Waals surface area contributed by atoms with E-state index in [1.165, 1.54) is 18.5 Å². The number of anilines is 1. The third kappa shape index (κ3) is 4.20. The minimum atomic E-state index is -0.689. The first kappa shape index (κ1) is 20.3. The molecule has 10 nitrogen and oxygen atoms in total. The minimum Gasteiger partial charge on any atom is -0.497 e. The molecule has 1 aromatic carbocycles. The van der Waals surface area contributed by atoms with E-state index in [4.69, 9.17) is 9.47 Å². The van der Waals surface area contributed by atoms with Gasteiger partial charge in [-0.2, -0.15) is 5.10 Å². The van der Waals surface area contributed by atoms with E-state index in [1.807, 2.05) is 12.1 Å². The van der Waals surface area contributed by atoms with E-state index in [0.717, 1.165) is 29.8 Å². The van der Waals surface area contributed by atoms with Crippen LogP contribution in [-0.2, 0) is 27.3 Å². The summed E-state index contributed by atoms with van der Waals surface area (Å²) in [5.74, 6) is -0.293. The van der Waals surface area contributed by atoms with Gasteiger partial charge in [0.25, 0.3) is 5.91 Å². The van der Waals surface area contributed by atoms with Gasteiger partial charge in [0.05, 0.1) is 12.0 Å². The minimum absolute atomic E-state index is 0.130. The number of fused-ring (bicyclic) bond motifs is 1. The van der Waals surface area contributed by atoms with Gasteiger partial charge in [-0.1, -0.05) is 0 Å². The average Bonchev–Trinajstić information content (AvgIpc) is 2.98. The van der Waals surface area contributed by atoms with Gasteiger partial charge in [0.2, 0.25) is 0 Å². The van der Waals surface area contributed by atoms with Crippen LogP contribution in [0.4, 0.5) is 11.4 Å². The number of aromatic nitrogens is 2. The number of esters is 1. The molecule has 0 unspecified atom stereocenters. The summed E-state index contributed by atoms with van der Waals surface area (Å²) < 4.78 is 11.5. The van der Waals surface area contributed by atoms with Gasteiger partial charge in [-0.25, -0.2) is 0 Å². The Labute approximate surface area is 167 Å². The Morgan fingerprint density at radius 2 is 2.07 bits per heavy atom. The molecule has 0 radical (unpaired) electrons. The zero-order valence-electron chi connectivity index (χ0n) is 16.5. The Morgan fingerprint density at radius 3 is 2.72 bits per heavy atom. The predicted molar refractivity (Wildman–Crippen MR) is 103 cm³/mol. The zero-order valence-corrected chi connectivity index (χ0v) is 16.5. The Morgan fingerprint density at radius 1 is 1.31 bits per heavy atom. The summed E-state index contributed by atoms with van der Waals surface area (Å²) in [6.45, 7) is 2.83. The van der Waals surface area contributed by atoms with Gasteiger partial charge in [0.15, 0.2) is 6.61 Å². The van der Waals surface area contributed by atoms with Crippen LogP contribution in [0.25, 0.3) is 0 Å². The van der Waals surface area contributed by atoms with Crippen molar-refractivity contribution >= 4 is 23.3 Å². The van der Waals surface area contributed by atoms with Gasteiger partial charge in [-0.3, -0.25) is 24.4 Å². The van der Waals surface area contributed by atoms with Crippen LogP contribution in [-0.4, -0.2) is 46.8 Å². The maximum atomic E-state index is 12.6. The molecule has 1 aliphatic rings. The van der Waals surface area contributed by atoms with Gasteiger partial charge in [0.1, 0.15) is 23.7 Å². The molecule has 0 fully saturated rings. The summed E-state index contributed by atoms with van der Waals surface area (Å²) in [7, 11) is 1.59. The molecular weight excluding hydrogens is 380 g/mol. The Balaban J connectivity index is 1.63. The first-order chi connectivity index (χ1) is 13.8. The average molecular weight is 402 g/mol. The maximum Gasteiger partial charge on any atom is 0.328 e. The van der Waals surface area contributed by atoms with Crippen molar-refractivity contribution in [2.24, 2.45) is 0 Å². The van der Waals surface area contributed by atoms with Crippen molar-refractivity contribution in [3.8, 4) is 5.75 Å². The van der Waals surface area contributed by atoms with Crippen LogP contribution in [0.1, 0.15) is 23.4 Å². The molecule has 0 atom stereocenters. The van der Waals surface area contributed by atoms with Gasteiger partial charge in [-0.15, -0.1) is 0 Å². The van der Waals surface area contributed by atoms with Crippen LogP contribution in [0.2, 0.25) is 0 Å². The number of rotatable bonds is 6. The van der Waals surface area contributed by atoms with Crippen molar-refractivity contribution in [1.82, 2.24) is 9.78 Å². The lowest BCUT2D eigenvalue weighted by Crippen LogP contribution is -2.38. The second-order valence-corrected chi connectivity index (χ2v) is 6.74. The summed E-state index contributed by atoms with van der Waals surface area (Å²) >= 11 is 0. The van der Waals surface area contributed by atoms with Crippen LogP contribution in [0.15, 0.2) is 18.2 Å². The lowest BCUT2D eigenvalue weighted by atomic mass is 10.0. The fourth-order valence-corrected chi connectivity index (χ4v) is 3.45. The summed E-state index contributed by atoms with van der Waals surface area (Å²) in [6, 6.07) is 5.50. The molecule has 0 saturated carbocycles. The topological polar surface area (TPSA) is 117 Å². The fourth-order valence-electron chi connectivity index (χ4n) is 3.45. The molecule has 1 aromatic heterocycles. The molecule has 2 aromatic rings. The van der Waals surface area contributed by atoms with Gasteiger partial charge in [-0.05, 0) is 50.5 Å². The van der Waals surface area contributed by atoms with E-state index in [0.29, 0.717) is 6.54 Å². The molecule has 0 spiro atoms. The summed E-state index contributed by atoms with van der Waals surface area (Å²) in [4.78, 5) is 36.8. The normalized spacial score (nSPS) is 13.0. The Bertz CT molecular complexity index is 968. The van der Waals surface area contributed by atoms with E-state index < -0.39 is 17.5 Å². The van der Waals surface area contributed by atoms with E-state index in [1.54, 1.807) is 18.1 Å². The summed E-state index contributed by atoms with van der Waals surface area (Å²) in [5, 5.41) is 15.1. The smallest absolute Gasteiger partial charge is 0.328 e. The number of carbonyl (C=O) groups excluding carboxylic acids is 2. The molecule has 0 N–H and O–H groups in total. The number of aryl methyl sites for hydroxylation is 2. The number of methoxy groups -OCH3 is 1. The first-order valence-corrected chi connectivity index (χ1v) is 9.13. The second kappa shape index (κ2) is 8.29. The van der Waals surface area contributed by atoms with Crippen LogP contribution in [0.3, 0.4) is 0 Å². The lowest BCUT2D eigenvalue weighted by Gasteiger charge is -2.29. The molecule has 0 saturated heterocycles. The molecule has 1 amide bonds. The Hall–Kier alpha value is -3.43. The van der Waals surface area contributed by atoms with Crippen LogP contribution < -0.4 is 9.64 Å². The van der Waals surface area contributed by atoms with E-state index in [9.17, 15) is 19.7 Å². The Kier molecular flexibility index (Phi) is 5.81. The number of nitrogens with zero attached hydrogens (tertiary/aromatic N) is 4. The molecule has 1 aliphatic heterocycles. The molecule has 3 rings (SSSR count). The number of hydrogen-bond donors (Lipinski definition) is 0. The van der Waals surface area contributed by atoms with Gasteiger partial charge < -0.3 is 14.4 Å². The number of ether oxygens (including phenoxy) is 2. The quantitative estimate of drug-likeness (QED) is 0.412. The third-order valence-corrected chi connectivity index (χ3v) is 4.87. The molecule has 0 bridgehead atoms. The van der Waals surface area contributed by atoms with E-state index in [-0.39, 0.29) is 29.5 Å². The second-order valence-electron chi connectivity index (χ2n) is 6.74. The number of amides is 1. The van der Waals surface area contributed by atoms with E-state index in [2.05, 4.69) is 5.10 Å². The molecule has 2 heterocycles. The standard InChI is InChI=1S/C19H22N4O6/c1-12-19(23(26)27)13(2)22(20-12)10-18(25)29-11-17(24)21-8-4-5-14-9-15(28-3)6-7-16(14)21/h6-7,9H,4-5,8,10-11H2,1-3H3. The monoisotopic (exact) mass is 402 g/mol. The van der Waals surface area contributed by atoms with Crippen molar-refractivity contribution in [1.29, 1.82) is 0 Å². The SMILES string of the molecule is COc1ccc2c(c1)CCCN2C(=O)COC(=O)Cn1nc(C)c([N+](=O)[O-])c1C. The first-order valence-electron chi connectivity index (χ1n) is 9.13. The molecule has 29 heavy (non-hydrogen) atoms. The van der Waals surface area contributed by atoms with Crippen molar-refractivity contribution in [2.45, 2.75) is 33.2 Å². The number of nitro groups is 1. The molecule has 0 aliphatic carbocycles. The van der Waals surface area contributed by atoms with Crippen molar-refractivity contribution in [3.05, 3.63) is 45.3 Å². The zero-order chi connectivity index (χ0) is 21.1. The molecular formula is C19H22N4O6. The molecule has 154 valence electrons. The largest absolute Gasteiger partial charge is 0.497 e. The number of hydrogen-bond acceptors (Lipinski definition) is 7. The highest BCUT2D eigenvalue weighted by Gasteiger charge is 2.25. The third-order valence-electron chi connectivity index (χ3n) is 4.87. The highest BCUT2D eigenvalue weighted by Crippen LogP contribution is 2.30. The van der Waals surface area contributed by atoms with Crippen molar-refractivity contribution in [3.63, 3.8) is 0 Å². The summed E-state index contributed by atoms with van der Waals surface area (Å²) in [5.41, 5.74) is 2.14. The predicted octanol–water partition coefficient (Wildman–Crippen LogP) is 1.94. The highest BCUT2D eigenvalue weighted by molar-refractivity contribution is 5.96. The van der Waals surface area contributed by atoms with Crippen molar-refractivity contribution < 1.29 is 24.0 Å². The van der Waals surface area contributed by atoms with Crippen LogP contribution in [0, 0.1) is 24.0 Å².